The second-order valence-electron chi connectivity index (χ2n) is 12.2. The first-order valence-electron chi connectivity index (χ1n) is 15.8. The first-order valence-corrected chi connectivity index (χ1v) is 15.8. The van der Waals surface area contributed by atoms with Crippen molar-refractivity contribution >= 4 is 0 Å². The quantitative estimate of drug-likeness (QED) is 0.212. The minimum absolute atomic E-state index is 0.125. The highest BCUT2D eigenvalue weighted by Crippen LogP contribution is 2.36. The highest BCUT2D eigenvalue weighted by molar-refractivity contribution is 5.22. The Morgan fingerprint density at radius 1 is 0.675 bits per heavy atom. The van der Waals surface area contributed by atoms with Crippen molar-refractivity contribution in [3.8, 4) is 0 Å². The Hall–Kier alpha value is -1.76. The molecule has 0 spiro atoms. The molecule has 1 N–H and O–H groups in total. The van der Waals surface area contributed by atoms with E-state index in [1.165, 1.54) is 11.1 Å². The minimum Gasteiger partial charge on any atom is -0.393 e. The van der Waals surface area contributed by atoms with Crippen molar-refractivity contribution in [2.45, 2.75) is 134 Å². The number of aliphatic hydroxyl groups excluding tert-OH is 1. The van der Waals surface area contributed by atoms with Gasteiger partial charge in [0.2, 0.25) is 0 Å². The number of unbranched alkanes of at least 4 members (excludes halogenated alkanes) is 2. The summed E-state index contributed by atoms with van der Waals surface area (Å²) in [6.45, 7) is 5.96. The molecule has 0 saturated carbocycles. The van der Waals surface area contributed by atoms with Gasteiger partial charge in [-0.15, -0.1) is 0 Å². The molecule has 5 heteroatoms. The van der Waals surface area contributed by atoms with E-state index in [1.807, 2.05) is 0 Å². The van der Waals surface area contributed by atoms with Crippen LogP contribution < -0.4 is 0 Å². The summed E-state index contributed by atoms with van der Waals surface area (Å²) in [5.74, 6) is 0. The number of aliphatic hydroxyl groups is 1. The summed E-state index contributed by atoms with van der Waals surface area (Å²) in [5, 5.41) is 10.8. The monoisotopic (exact) mass is 552 g/mol. The second kappa shape index (κ2) is 16.0. The fraction of sp³-hybridized carbons (Fsp3) is 0.657. The van der Waals surface area contributed by atoms with E-state index in [2.05, 4.69) is 74.5 Å². The van der Waals surface area contributed by atoms with Crippen LogP contribution in [0.2, 0.25) is 0 Å². The van der Waals surface area contributed by atoms with Crippen LogP contribution in [0, 0.1) is 0 Å². The molecule has 222 valence electrons. The fourth-order valence-corrected chi connectivity index (χ4v) is 6.14. The van der Waals surface area contributed by atoms with Crippen molar-refractivity contribution in [2.75, 3.05) is 13.2 Å². The van der Waals surface area contributed by atoms with Crippen LogP contribution in [0.3, 0.4) is 0 Å². The van der Waals surface area contributed by atoms with Gasteiger partial charge in [0.05, 0.1) is 17.3 Å². The van der Waals surface area contributed by atoms with Crippen molar-refractivity contribution < 1.29 is 24.1 Å². The largest absolute Gasteiger partial charge is 0.393 e. The molecule has 2 aromatic rings. The van der Waals surface area contributed by atoms with Gasteiger partial charge in [0.1, 0.15) is 0 Å². The van der Waals surface area contributed by atoms with E-state index < -0.39 is 0 Å². The number of hydrogen-bond donors (Lipinski definition) is 1. The van der Waals surface area contributed by atoms with Crippen LogP contribution in [0.5, 0.6) is 0 Å². The zero-order chi connectivity index (χ0) is 28.1. The van der Waals surface area contributed by atoms with Crippen LogP contribution in [0.4, 0.5) is 0 Å². The predicted molar refractivity (Wildman–Crippen MR) is 160 cm³/mol. The van der Waals surface area contributed by atoms with Crippen molar-refractivity contribution in [3.05, 3.63) is 71.8 Å². The Kier molecular flexibility index (Phi) is 12.5. The van der Waals surface area contributed by atoms with E-state index in [4.69, 9.17) is 18.9 Å². The van der Waals surface area contributed by atoms with Crippen LogP contribution in [-0.4, -0.2) is 37.0 Å². The molecule has 5 atom stereocenters. The van der Waals surface area contributed by atoms with Gasteiger partial charge in [0.25, 0.3) is 0 Å². The SMILES string of the molecule is CC(CCCCC(O)CCCC[C@@](C)(OC1CCCCO1)c1ccccc1)(OC1CCCCO1)c1ccccc1. The lowest BCUT2D eigenvalue weighted by Crippen LogP contribution is -2.34. The second-order valence-corrected chi connectivity index (χ2v) is 12.2. The summed E-state index contributed by atoms with van der Waals surface area (Å²) in [5.41, 5.74) is 1.65. The Morgan fingerprint density at radius 3 is 1.48 bits per heavy atom. The molecule has 2 aliphatic heterocycles. The Bertz CT molecular complexity index is 863. The summed E-state index contributed by atoms with van der Waals surface area (Å²) in [6, 6.07) is 21.1. The lowest BCUT2D eigenvalue weighted by atomic mass is 9.88. The maximum absolute atomic E-state index is 10.8. The fourth-order valence-electron chi connectivity index (χ4n) is 6.14. The highest BCUT2D eigenvalue weighted by atomic mass is 16.7. The molecule has 0 bridgehead atoms. The van der Waals surface area contributed by atoms with E-state index in [0.29, 0.717) is 0 Å². The summed E-state index contributed by atoms with van der Waals surface area (Å²) < 4.78 is 25.0. The Morgan fingerprint density at radius 2 is 1.10 bits per heavy atom. The van der Waals surface area contributed by atoms with E-state index in [0.717, 1.165) is 103 Å². The van der Waals surface area contributed by atoms with Gasteiger partial charge in [0, 0.05) is 13.2 Å². The third-order valence-corrected chi connectivity index (χ3v) is 8.71. The summed E-state index contributed by atoms with van der Waals surface area (Å²) in [7, 11) is 0. The van der Waals surface area contributed by atoms with E-state index in [9.17, 15) is 5.11 Å². The minimum atomic E-state index is -0.377. The van der Waals surface area contributed by atoms with Gasteiger partial charge in [0.15, 0.2) is 12.6 Å². The Labute approximate surface area is 242 Å². The van der Waals surface area contributed by atoms with Gasteiger partial charge in [-0.3, -0.25) is 0 Å². The van der Waals surface area contributed by atoms with Gasteiger partial charge in [-0.25, -0.2) is 0 Å². The summed E-state index contributed by atoms with van der Waals surface area (Å²) in [6.07, 6.45) is 13.4. The van der Waals surface area contributed by atoms with Crippen molar-refractivity contribution in [1.29, 1.82) is 0 Å². The molecule has 4 rings (SSSR count). The standard InChI is InChI=1S/C35H52O5/c1-34(29-17-5-3-6-18-29,39-32-23-11-15-27-37-32)25-13-9-21-31(36)22-10-14-26-35(2,30-19-7-4-8-20-30)40-33-24-12-16-28-38-33/h3-8,17-20,31-33,36H,9-16,21-28H2,1-2H3/t31?,32?,33?,34-,35?/m1/s1. The van der Waals surface area contributed by atoms with Gasteiger partial charge < -0.3 is 24.1 Å². The topological polar surface area (TPSA) is 57.2 Å². The number of ether oxygens (including phenoxy) is 4. The van der Waals surface area contributed by atoms with Gasteiger partial charge in [-0.1, -0.05) is 86.3 Å². The third kappa shape index (κ3) is 9.66. The summed E-state index contributed by atoms with van der Waals surface area (Å²) in [4.78, 5) is 0. The summed E-state index contributed by atoms with van der Waals surface area (Å²) >= 11 is 0. The first-order chi connectivity index (χ1) is 19.5. The Balaban J connectivity index is 1.20. The molecule has 2 heterocycles. The molecule has 0 radical (unpaired) electrons. The number of benzene rings is 2. The lowest BCUT2D eigenvalue weighted by Gasteiger charge is -2.36. The molecule has 0 aliphatic carbocycles. The molecule has 0 aromatic heterocycles. The third-order valence-electron chi connectivity index (χ3n) is 8.71. The smallest absolute Gasteiger partial charge is 0.158 e. The normalized spacial score (nSPS) is 23.7. The molecule has 2 aromatic carbocycles. The highest BCUT2D eigenvalue weighted by Gasteiger charge is 2.33. The van der Waals surface area contributed by atoms with Crippen LogP contribution in [-0.2, 0) is 30.1 Å². The maximum atomic E-state index is 10.8. The van der Waals surface area contributed by atoms with Crippen LogP contribution >= 0.6 is 0 Å². The maximum Gasteiger partial charge on any atom is 0.158 e. The molecule has 2 saturated heterocycles. The van der Waals surface area contributed by atoms with Gasteiger partial charge in [-0.05, 0) is 89.2 Å². The van der Waals surface area contributed by atoms with E-state index in [-0.39, 0.29) is 29.9 Å². The van der Waals surface area contributed by atoms with E-state index >= 15 is 0 Å². The lowest BCUT2D eigenvalue weighted by molar-refractivity contribution is -0.227. The van der Waals surface area contributed by atoms with Crippen molar-refractivity contribution in [2.24, 2.45) is 0 Å². The molecule has 5 nitrogen and oxygen atoms in total. The van der Waals surface area contributed by atoms with Crippen molar-refractivity contribution in [3.63, 3.8) is 0 Å². The van der Waals surface area contributed by atoms with Crippen LogP contribution in [0.15, 0.2) is 60.7 Å². The number of hydrogen-bond acceptors (Lipinski definition) is 5. The van der Waals surface area contributed by atoms with Crippen LogP contribution in [0.1, 0.15) is 115 Å². The molecule has 0 amide bonds. The predicted octanol–water partition coefficient (Wildman–Crippen LogP) is 8.39. The molecule has 2 fully saturated rings. The zero-order valence-corrected chi connectivity index (χ0v) is 24.9. The van der Waals surface area contributed by atoms with Crippen LogP contribution in [0.25, 0.3) is 0 Å². The van der Waals surface area contributed by atoms with Gasteiger partial charge in [-0.2, -0.15) is 0 Å². The molecule has 4 unspecified atom stereocenters. The first kappa shape index (κ1) is 31.2. The molecule has 2 aliphatic rings. The molecular weight excluding hydrogens is 500 g/mol. The molecule has 40 heavy (non-hydrogen) atoms. The molecular formula is C35H52O5. The van der Waals surface area contributed by atoms with Gasteiger partial charge >= 0.3 is 0 Å². The van der Waals surface area contributed by atoms with E-state index in [1.54, 1.807) is 0 Å². The van der Waals surface area contributed by atoms with Crippen molar-refractivity contribution in [1.82, 2.24) is 0 Å². The number of rotatable bonds is 16. The average molecular weight is 553 g/mol. The average Bonchev–Trinajstić information content (AvgIpc) is 2.99. The zero-order valence-electron chi connectivity index (χ0n) is 24.9.